The van der Waals surface area contributed by atoms with E-state index in [1.165, 1.54) is 0 Å². The van der Waals surface area contributed by atoms with Gasteiger partial charge >= 0.3 is 13.1 Å². The van der Waals surface area contributed by atoms with Crippen LogP contribution in [0.25, 0.3) is 0 Å². The van der Waals surface area contributed by atoms with Gasteiger partial charge in [0.15, 0.2) is 0 Å². The minimum atomic E-state index is -0.352. The molecule has 0 unspecified atom stereocenters. The van der Waals surface area contributed by atoms with Crippen LogP contribution < -0.4 is 0 Å². The van der Waals surface area contributed by atoms with Crippen LogP contribution in [0.4, 0.5) is 0 Å². The fraction of sp³-hybridized carbons (Fsp3) is 0.786. The first kappa shape index (κ1) is 16.2. The minimum Gasteiger partial charge on any atom is -0.466 e. The fourth-order valence-corrected chi connectivity index (χ4v) is 1.80. The summed E-state index contributed by atoms with van der Waals surface area (Å²) >= 11 is 0. The summed E-state index contributed by atoms with van der Waals surface area (Å²) in [7, 11) is -0.352. The van der Waals surface area contributed by atoms with Crippen LogP contribution >= 0.6 is 0 Å². The molecule has 4 nitrogen and oxygen atoms in total. The van der Waals surface area contributed by atoms with Gasteiger partial charge in [0.05, 0.1) is 24.2 Å². The fourth-order valence-electron chi connectivity index (χ4n) is 1.80. The van der Waals surface area contributed by atoms with Crippen molar-refractivity contribution in [2.45, 2.75) is 59.2 Å². The molecule has 5 heteroatoms. The van der Waals surface area contributed by atoms with Crippen molar-refractivity contribution < 1.29 is 18.8 Å². The Bertz CT molecular complexity index is 333. The molecule has 0 aromatic rings. The first-order valence-electron chi connectivity index (χ1n) is 6.87. The van der Waals surface area contributed by atoms with E-state index < -0.39 is 0 Å². The first-order chi connectivity index (χ1) is 8.68. The van der Waals surface area contributed by atoms with Gasteiger partial charge < -0.3 is 14.0 Å². The van der Waals surface area contributed by atoms with E-state index in [0.29, 0.717) is 13.0 Å². The third-order valence-corrected chi connectivity index (χ3v) is 3.66. The van der Waals surface area contributed by atoms with Crippen LogP contribution in [0.5, 0.6) is 0 Å². The number of ether oxygens (including phenoxy) is 1. The van der Waals surface area contributed by atoms with Crippen LogP contribution in [-0.2, 0) is 18.8 Å². The highest BCUT2D eigenvalue weighted by atomic mass is 16.7. The van der Waals surface area contributed by atoms with E-state index in [4.69, 9.17) is 14.0 Å². The largest absolute Gasteiger partial charge is 0.486 e. The van der Waals surface area contributed by atoms with Gasteiger partial charge in [-0.15, -0.1) is 0 Å². The SMILES string of the molecule is CCOC(=O)C[C@@H](C)/C=C/B1OC(C)(C)C(C)(C)O1. The Labute approximate surface area is 116 Å². The number of carbonyl (C=O) groups is 1. The molecule has 1 aliphatic rings. The Balaban J connectivity index is 2.48. The lowest BCUT2D eigenvalue weighted by molar-refractivity contribution is -0.143. The Morgan fingerprint density at radius 2 is 1.79 bits per heavy atom. The highest BCUT2D eigenvalue weighted by Crippen LogP contribution is 2.36. The zero-order chi connectivity index (χ0) is 14.7. The lowest BCUT2D eigenvalue weighted by atomic mass is 9.88. The lowest BCUT2D eigenvalue weighted by Gasteiger charge is -2.32. The molecule has 0 radical (unpaired) electrons. The molecule has 1 heterocycles. The summed E-state index contributed by atoms with van der Waals surface area (Å²) in [6, 6.07) is 0. The van der Waals surface area contributed by atoms with Crippen molar-refractivity contribution in [1.82, 2.24) is 0 Å². The zero-order valence-corrected chi connectivity index (χ0v) is 12.9. The quantitative estimate of drug-likeness (QED) is 0.568. The summed E-state index contributed by atoms with van der Waals surface area (Å²) in [6.45, 7) is 12.3. The highest BCUT2D eigenvalue weighted by Gasteiger charge is 2.49. The predicted octanol–water partition coefficient (Wildman–Crippen LogP) is 2.76. The third-order valence-electron chi connectivity index (χ3n) is 3.66. The van der Waals surface area contributed by atoms with E-state index in [0.717, 1.165) is 0 Å². The molecule has 1 aliphatic heterocycles. The molecule has 108 valence electrons. The van der Waals surface area contributed by atoms with E-state index in [1.54, 1.807) is 0 Å². The molecule has 1 saturated heterocycles. The minimum absolute atomic E-state index is 0.109. The molecular weight excluding hydrogens is 243 g/mol. The van der Waals surface area contributed by atoms with E-state index >= 15 is 0 Å². The topological polar surface area (TPSA) is 44.8 Å². The number of hydrogen-bond donors (Lipinski definition) is 0. The predicted molar refractivity (Wildman–Crippen MR) is 75.6 cm³/mol. The van der Waals surface area contributed by atoms with Gasteiger partial charge in [-0.3, -0.25) is 4.79 Å². The summed E-state index contributed by atoms with van der Waals surface area (Å²) in [5.41, 5.74) is -0.654. The molecular formula is C14H25BO4. The Morgan fingerprint density at radius 1 is 1.26 bits per heavy atom. The second-order valence-corrected chi connectivity index (χ2v) is 6.00. The molecule has 0 saturated carbocycles. The number of hydrogen-bond acceptors (Lipinski definition) is 4. The molecule has 0 aromatic carbocycles. The van der Waals surface area contributed by atoms with Crippen LogP contribution in [-0.4, -0.2) is 30.9 Å². The maximum atomic E-state index is 11.3. The number of esters is 1. The van der Waals surface area contributed by atoms with Crippen molar-refractivity contribution in [1.29, 1.82) is 0 Å². The molecule has 0 bridgehead atoms. The van der Waals surface area contributed by atoms with Gasteiger partial charge in [-0.25, -0.2) is 0 Å². The number of rotatable bonds is 5. The van der Waals surface area contributed by atoms with Crippen LogP contribution in [0.2, 0.25) is 0 Å². The Morgan fingerprint density at radius 3 is 2.26 bits per heavy atom. The van der Waals surface area contributed by atoms with Crippen LogP contribution in [0.1, 0.15) is 48.0 Å². The van der Waals surface area contributed by atoms with E-state index in [-0.39, 0.29) is 30.2 Å². The van der Waals surface area contributed by atoms with Crippen molar-refractivity contribution in [3.8, 4) is 0 Å². The van der Waals surface area contributed by atoms with Gasteiger partial charge in [-0.05, 0) is 40.5 Å². The zero-order valence-electron chi connectivity index (χ0n) is 12.9. The van der Waals surface area contributed by atoms with E-state index in [1.807, 2.05) is 53.6 Å². The maximum absolute atomic E-state index is 11.3. The van der Waals surface area contributed by atoms with Crippen molar-refractivity contribution in [3.05, 3.63) is 12.1 Å². The van der Waals surface area contributed by atoms with Crippen molar-refractivity contribution in [3.63, 3.8) is 0 Å². The molecule has 0 N–H and O–H groups in total. The first-order valence-corrected chi connectivity index (χ1v) is 6.87. The average Bonchev–Trinajstić information content (AvgIpc) is 2.45. The van der Waals surface area contributed by atoms with Gasteiger partial charge in [-0.2, -0.15) is 0 Å². The molecule has 1 atom stereocenters. The summed E-state index contributed by atoms with van der Waals surface area (Å²) in [5.74, 6) is 1.81. The monoisotopic (exact) mass is 268 g/mol. The molecule has 0 spiro atoms. The van der Waals surface area contributed by atoms with Crippen molar-refractivity contribution >= 4 is 13.1 Å². The van der Waals surface area contributed by atoms with Gasteiger partial charge in [0, 0.05) is 0 Å². The molecule has 19 heavy (non-hydrogen) atoms. The molecule has 0 amide bonds. The van der Waals surface area contributed by atoms with Gasteiger partial charge in [-0.1, -0.05) is 19.0 Å². The summed E-state index contributed by atoms with van der Waals surface area (Å²) in [6.07, 6.45) is 2.32. The molecule has 1 fully saturated rings. The van der Waals surface area contributed by atoms with E-state index in [2.05, 4.69) is 0 Å². The van der Waals surface area contributed by atoms with Gasteiger partial charge in [0.25, 0.3) is 0 Å². The molecule has 1 rings (SSSR count). The average molecular weight is 268 g/mol. The van der Waals surface area contributed by atoms with E-state index in [9.17, 15) is 4.79 Å². The summed E-state index contributed by atoms with van der Waals surface area (Å²) in [5, 5.41) is 0. The standard InChI is InChI=1S/C14H25BO4/c1-7-17-12(16)10-11(2)8-9-15-18-13(3,4)14(5,6)19-15/h8-9,11H,7,10H2,1-6H3/b9-8+/t11-/m0/s1. The molecule has 0 aliphatic carbocycles. The smallest absolute Gasteiger partial charge is 0.466 e. The Hall–Kier alpha value is -0.805. The second kappa shape index (κ2) is 6.10. The number of carbonyl (C=O) groups excluding carboxylic acids is 1. The lowest BCUT2D eigenvalue weighted by Crippen LogP contribution is -2.41. The van der Waals surface area contributed by atoms with Crippen molar-refractivity contribution in [2.75, 3.05) is 6.61 Å². The van der Waals surface area contributed by atoms with Crippen LogP contribution in [0, 0.1) is 5.92 Å². The van der Waals surface area contributed by atoms with Crippen molar-refractivity contribution in [2.24, 2.45) is 5.92 Å². The normalized spacial score (nSPS) is 22.7. The summed E-state index contributed by atoms with van der Waals surface area (Å²) in [4.78, 5) is 11.3. The Kier molecular flexibility index (Phi) is 5.22. The van der Waals surface area contributed by atoms with Crippen LogP contribution in [0.3, 0.4) is 0 Å². The van der Waals surface area contributed by atoms with Gasteiger partial charge in [0.1, 0.15) is 0 Å². The van der Waals surface area contributed by atoms with Gasteiger partial charge in [0.2, 0.25) is 0 Å². The highest BCUT2D eigenvalue weighted by molar-refractivity contribution is 6.51. The maximum Gasteiger partial charge on any atom is 0.486 e. The summed E-state index contributed by atoms with van der Waals surface area (Å²) < 4.78 is 16.6. The number of allylic oxidation sites excluding steroid dienone is 1. The third kappa shape index (κ3) is 4.35. The molecule has 0 aromatic heterocycles. The second-order valence-electron chi connectivity index (χ2n) is 6.00. The van der Waals surface area contributed by atoms with Crippen LogP contribution in [0.15, 0.2) is 12.1 Å².